The van der Waals surface area contributed by atoms with Crippen LogP contribution in [0.2, 0.25) is 0 Å². The molecule has 0 atom stereocenters. The van der Waals surface area contributed by atoms with Crippen LogP contribution in [0.1, 0.15) is 32.6 Å². The Labute approximate surface area is 180 Å². The molecule has 0 spiro atoms. The monoisotopic (exact) mass is 417 g/mol. The summed E-state index contributed by atoms with van der Waals surface area (Å²) in [6.07, 6.45) is 0. The van der Waals surface area contributed by atoms with Crippen LogP contribution in [0.3, 0.4) is 0 Å². The van der Waals surface area contributed by atoms with Gasteiger partial charge >= 0.3 is 5.97 Å². The van der Waals surface area contributed by atoms with E-state index in [0.29, 0.717) is 30.2 Å². The maximum Gasteiger partial charge on any atom is 0.341 e. The third kappa shape index (κ3) is 4.38. The number of carbonyl (C=O) groups is 2. The van der Waals surface area contributed by atoms with E-state index in [4.69, 9.17) is 14.6 Å². The minimum atomic E-state index is -1.02. The van der Waals surface area contributed by atoms with Crippen LogP contribution < -0.4 is 14.4 Å². The molecule has 6 nitrogen and oxygen atoms in total. The smallest absolute Gasteiger partial charge is 0.341 e. The first-order valence-electron chi connectivity index (χ1n) is 9.99. The highest BCUT2D eigenvalue weighted by Gasteiger charge is 2.30. The fourth-order valence-corrected chi connectivity index (χ4v) is 3.64. The number of amides is 1. The summed E-state index contributed by atoms with van der Waals surface area (Å²) in [5, 5.41) is 8.75. The third-order valence-corrected chi connectivity index (χ3v) is 5.30. The molecule has 1 amide bonds. The Hall–Kier alpha value is -3.80. The van der Waals surface area contributed by atoms with Crippen molar-refractivity contribution in [2.75, 3.05) is 11.5 Å². The van der Waals surface area contributed by atoms with Gasteiger partial charge in [-0.25, -0.2) is 4.79 Å². The lowest BCUT2D eigenvalue weighted by molar-refractivity contribution is -0.139. The van der Waals surface area contributed by atoms with E-state index in [1.54, 1.807) is 17.0 Å². The van der Waals surface area contributed by atoms with E-state index in [1.165, 1.54) is 0 Å². The highest BCUT2D eigenvalue weighted by atomic mass is 16.5. The molecule has 1 aliphatic heterocycles. The lowest BCUT2D eigenvalue weighted by Crippen LogP contribution is -2.22. The number of aliphatic carboxylic acids is 1. The van der Waals surface area contributed by atoms with E-state index in [-0.39, 0.29) is 12.5 Å². The van der Waals surface area contributed by atoms with Crippen molar-refractivity contribution in [2.24, 2.45) is 0 Å². The first-order chi connectivity index (χ1) is 14.9. The first-order valence-corrected chi connectivity index (χ1v) is 9.99. The van der Waals surface area contributed by atoms with Crippen molar-refractivity contribution in [3.63, 3.8) is 0 Å². The summed E-state index contributed by atoms with van der Waals surface area (Å²) in [4.78, 5) is 25.4. The number of carbonyl (C=O) groups excluding carboxylic acids is 1. The lowest BCUT2D eigenvalue weighted by atomic mass is 10.0. The van der Waals surface area contributed by atoms with Gasteiger partial charge in [0.2, 0.25) is 0 Å². The van der Waals surface area contributed by atoms with Crippen LogP contribution in [0, 0.1) is 13.8 Å². The van der Waals surface area contributed by atoms with E-state index in [9.17, 15) is 9.59 Å². The second kappa shape index (κ2) is 8.52. The Morgan fingerprint density at radius 1 is 1.03 bits per heavy atom. The van der Waals surface area contributed by atoms with Gasteiger partial charge in [-0.1, -0.05) is 29.8 Å². The zero-order valence-electron chi connectivity index (χ0n) is 17.4. The van der Waals surface area contributed by atoms with E-state index < -0.39 is 5.97 Å². The number of fused-ring (bicyclic) bond motifs is 1. The Bertz CT molecular complexity index is 1140. The van der Waals surface area contributed by atoms with Crippen molar-refractivity contribution >= 4 is 17.6 Å². The van der Waals surface area contributed by atoms with Gasteiger partial charge in [-0.3, -0.25) is 4.79 Å². The highest BCUT2D eigenvalue weighted by molar-refractivity contribution is 6.10. The molecule has 1 aliphatic rings. The summed E-state index contributed by atoms with van der Waals surface area (Å²) < 4.78 is 11.2. The fraction of sp³-hybridized carbons (Fsp3) is 0.200. The number of ether oxygens (including phenoxy) is 2. The van der Waals surface area contributed by atoms with Crippen molar-refractivity contribution in [3.05, 3.63) is 88.5 Å². The summed E-state index contributed by atoms with van der Waals surface area (Å²) in [5.41, 5.74) is 5.46. The van der Waals surface area contributed by atoms with E-state index in [0.717, 1.165) is 27.9 Å². The average Bonchev–Trinajstić information content (AvgIpc) is 3.09. The molecule has 0 fully saturated rings. The quantitative estimate of drug-likeness (QED) is 0.612. The maximum atomic E-state index is 12.9. The van der Waals surface area contributed by atoms with E-state index in [1.807, 2.05) is 62.4 Å². The number of nitrogens with zero attached hydrogens (tertiary/aromatic N) is 1. The van der Waals surface area contributed by atoms with Gasteiger partial charge in [0.05, 0.1) is 6.54 Å². The number of anilines is 1. The number of rotatable bonds is 7. The molecule has 0 aliphatic carbocycles. The number of carboxylic acid groups (broad SMARTS) is 1. The highest BCUT2D eigenvalue weighted by Crippen LogP contribution is 2.31. The maximum absolute atomic E-state index is 12.9. The predicted octanol–water partition coefficient (Wildman–Crippen LogP) is 4.51. The second-order valence-electron chi connectivity index (χ2n) is 7.57. The Kier molecular flexibility index (Phi) is 5.62. The van der Waals surface area contributed by atoms with Gasteiger partial charge in [0.15, 0.2) is 6.61 Å². The summed E-state index contributed by atoms with van der Waals surface area (Å²) >= 11 is 0. The average molecular weight is 417 g/mol. The largest absolute Gasteiger partial charge is 0.489 e. The van der Waals surface area contributed by atoms with Crippen LogP contribution in [0.5, 0.6) is 11.5 Å². The Morgan fingerprint density at radius 3 is 2.52 bits per heavy atom. The standard InChI is InChI=1S/C25H23NO5/c1-16-6-8-19(9-7-16)26-13-22-18(4-3-5-21(22)25(26)29)14-30-20-10-11-23(17(2)12-20)31-15-24(27)28/h3-12H,13-15H2,1-2H3,(H,27,28). The molecule has 3 aromatic carbocycles. The van der Waals surface area contributed by atoms with Gasteiger partial charge in [-0.2, -0.15) is 0 Å². The van der Waals surface area contributed by atoms with Gasteiger partial charge in [0, 0.05) is 11.3 Å². The molecule has 0 unspecified atom stereocenters. The Morgan fingerprint density at radius 2 is 1.81 bits per heavy atom. The third-order valence-electron chi connectivity index (χ3n) is 5.30. The van der Waals surface area contributed by atoms with Crippen LogP contribution >= 0.6 is 0 Å². The summed E-state index contributed by atoms with van der Waals surface area (Å²) in [7, 11) is 0. The van der Waals surface area contributed by atoms with Crippen molar-refractivity contribution in [1.82, 2.24) is 0 Å². The second-order valence-corrected chi connectivity index (χ2v) is 7.57. The van der Waals surface area contributed by atoms with Crippen molar-refractivity contribution < 1.29 is 24.2 Å². The molecule has 1 N–H and O–H groups in total. The van der Waals surface area contributed by atoms with Crippen LogP contribution in [0.25, 0.3) is 0 Å². The zero-order valence-corrected chi connectivity index (χ0v) is 17.4. The van der Waals surface area contributed by atoms with E-state index >= 15 is 0 Å². The lowest BCUT2D eigenvalue weighted by Gasteiger charge is -2.16. The van der Waals surface area contributed by atoms with Crippen LogP contribution in [-0.2, 0) is 17.9 Å². The fourth-order valence-electron chi connectivity index (χ4n) is 3.64. The van der Waals surface area contributed by atoms with Gasteiger partial charge in [0.25, 0.3) is 5.91 Å². The summed E-state index contributed by atoms with van der Waals surface area (Å²) in [6.45, 7) is 4.31. The number of carboxylic acids is 1. The minimum absolute atomic E-state index is 0.00326. The topological polar surface area (TPSA) is 76.1 Å². The van der Waals surface area contributed by atoms with E-state index in [2.05, 4.69) is 0 Å². The molecule has 31 heavy (non-hydrogen) atoms. The number of hydrogen-bond acceptors (Lipinski definition) is 4. The molecular formula is C25H23NO5. The van der Waals surface area contributed by atoms with Gasteiger partial charge in [-0.05, 0) is 66.9 Å². The number of aryl methyl sites for hydroxylation is 2. The van der Waals surface area contributed by atoms with Gasteiger partial charge in [-0.15, -0.1) is 0 Å². The molecule has 0 aromatic heterocycles. The van der Waals surface area contributed by atoms with Crippen LogP contribution in [0.15, 0.2) is 60.7 Å². The van der Waals surface area contributed by atoms with Crippen molar-refractivity contribution in [3.8, 4) is 11.5 Å². The zero-order chi connectivity index (χ0) is 22.0. The Balaban J connectivity index is 1.48. The van der Waals surface area contributed by atoms with Gasteiger partial charge < -0.3 is 19.5 Å². The molecule has 0 bridgehead atoms. The van der Waals surface area contributed by atoms with Gasteiger partial charge in [0.1, 0.15) is 18.1 Å². The number of hydrogen-bond donors (Lipinski definition) is 1. The SMILES string of the molecule is Cc1ccc(N2Cc3c(COc4ccc(OCC(=O)O)c(C)c4)cccc3C2=O)cc1. The summed E-state index contributed by atoms with van der Waals surface area (Å²) in [5.74, 6) is 0.135. The van der Waals surface area contributed by atoms with Crippen molar-refractivity contribution in [1.29, 1.82) is 0 Å². The molecule has 1 heterocycles. The number of benzene rings is 3. The van der Waals surface area contributed by atoms with Crippen LogP contribution in [-0.4, -0.2) is 23.6 Å². The minimum Gasteiger partial charge on any atom is -0.489 e. The van der Waals surface area contributed by atoms with Crippen LogP contribution in [0.4, 0.5) is 5.69 Å². The normalized spacial score (nSPS) is 12.6. The molecular weight excluding hydrogens is 394 g/mol. The molecule has 0 radical (unpaired) electrons. The van der Waals surface area contributed by atoms with Crippen molar-refractivity contribution in [2.45, 2.75) is 27.0 Å². The predicted molar refractivity (Wildman–Crippen MR) is 117 cm³/mol. The molecule has 0 saturated heterocycles. The molecule has 0 saturated carbocycles. The molecule has 6 heteroatoms. The molecule has 158 valence electrons. The molecule has 4 rings (SSSR count). The summed E-state index contributed by atoms with van der Waals surface area (Å²) in [6, 6.07) is 18.9. The first kappa shape index (κ1) is 20.5. The molecule has 3 aromatic rings.